The first kappa shape index (κ1) is 10.4. The summed E-state index contributed by atoms with van der Waals surface area (Å²) in [5.74, 6) is 0. The molecule has 0 aromatic carbocycles. The van der Waals surface area contributed by atoms with Crippen molar-refractivity contribution in [2.75, 3.05) is 32.9 Å². The van der Waals surface area contributed by atoms with Crippen LogP contribution < -0.4 is 5.32 Å². The molecular weight excluding hydrogens is 182 g/mol. The van der Waals surface area contributed by atoms with Gasteiger partial charge < -0.3 is 19.5 Å². The molecule has 0 aromatic heterocycles. The minimum Gasteiger partial charge on any atom is -0.371 e. The molecule has 1 atom stereocenters. The summed E-state index contributed by atoms with van der Waals surface area (Å²) < 4.78 is 16.7. The number of hydrogen-bond acceptors (Lipinski definition) is 4. The zero-order valence-electron chi connectivity index (χ0n) is 8.46. The zero-order valence-corrected chi connectivity index (χ0v) is 8.46. The van der Waals surface area contributed by atoms with Crippen molar-refractivity contribution < 1.29 is 14.2 Å². The van der Waals surface area contributed by atoms with Gasteiger partial charge in [0.05, 0.1) is 13.2 Å². The molecule has 81 valence electrons. The molecule has 2 aliphatic heterocycles. The van der Waals surface area contributed by atoms with Crippen LogP contribution in [0.15, 0.2) is 0 Å². The molecule has 0 spiro atoms. The Hall–Kier alpha value is -0.160. The van der Waals surface area contributed by atoms with Crippen LogP contribution in [0.4, 0.5) is 0 Å². The Labute approximate surface area is 84.9 Å². The van der Waals surface area contributed by atoms with E-state index in [4.69, 9.17) is 14.2 Å². The summed E-state index contributed by atoms with van der Waals surface area (Å²) >= 11 is 0. The van der Waals surface area contributed by atoms with Crippen LogP contribution >= 0.6 is 0 Å². The highest BCUT2D eigenvalue weighted by molar-refractivity contribution is 4.83. The maximum absolute atomic E-state index is 5.65. The summed E-state index contributed by atoms with van der Waals surface area (Å²) in [5.41, 5.74) is 0. The van der Waals surface area contributed by atoms with Crippen LogP contribution in [0.1, 0.15) is 19.3 Å². The first-order valence-electron chi connectivity index (χ1n) is 5.41. The fourth-order valence-electron chi connectivity index (χ4n) is 1.64. The standard InChI is InChI=1S/C10H18NO3/c1-2-6-14-10(13-5-1)9-8-11-4-3-7-12-9/h9,11H,1-8H2. The largest absolute Gasteiger partial charge is 0.371 e. The maximum atomic E-state index is 5.65. The van der Waals surface area contributed by atoms with E-state index < -0.39 is 0 Å². The van der Waals surface area contributed by atoms with Gasteiger partial charge in [-0.15, -0.1) is 0 Å². The zero-order chi connectivity index (χ0) is 9.64. The fourth-order valence-corrected chi connectivity index (χ4v) is 1.64. The van der Waals surface area contributed by atoms with Gasteiger partial charge >= 0.3 is 0 Å². The molecule has 4 nitrogen and oxygen atoms in total. The summed E-state index contributed by atoms with van der Waals surface area (Å²) in [6.45, 7) is 4.12. The van der Waals surface area contributed by atoms with E-state index in [2.05, 4.69) is 5.32 Å². The third kappa shape index (κ3) is 2.92. The van der Waals surface area contributed by atoms with Gasteiger partial charge in [0.15, 0.2) is 0 Å². The SMILES string of the molecule is C1CCO[C](C2CNCCCO2)OC1. The molecule has 0 aromatic rings. The van der Waals surface area contributed by atoms with Gasteiger partial charge in [0.2, 0.25) is 0 Å². The first-order valence-corrected chi connectivity index (χ1v) is 5.41. The highest BCUT2D eigenvalue weighted by Crippen LogP contribution is 2.19. The molecule has 14 heavy (non-hydrogen) atoms. The molecule has 1 radical (unpaired) electrons. The molecule has 0 bridgehead atoms. The average Bonchev–Trinajstić information content (AvgIpc) is 2.62. The van der Waals surface area contributed by atoms with E-state index in [-0.39, 0.29) is 6.10 Å². The smallest absolute Gasteiger partial charge is 0.255 e. The lowest BCUT2D eigenvalue weighted by molar-refractivity contribution is -0.106. The van der Waals surface area contributed by atoms with Crippen LogP contribution in [-0.4, -0.2) is 39.0 Å². The second kappa shape index (κ2) is 5.66. The summed E-state index contributed by atoms with van der Waals surface area (Å²) in [4.78, 5) is 0. The molecule has 2 heterocycles. The molecule has 0 saturated carbocycles. The van der Waals surface area contributed by atoms with Crippen molar-refractivity contribution >= 4 is 0 Å². The quantitative estimate of drug-likeness (QED) is 0.675. The number of ether oxygens (including phenoxy) is 3. The van der Waals surface area contributed by atoms with Crippen LogP contribution in [0.3, 0.4) is 0 Å². The lowest BCUT2D eigenvalue weighted by atomic mass is 10.3. The Bertz CT molecular complexity index is 131. The van der Waals surface area contributed by atoms with E-state index >= 15 is 0 Å². The molecule has 2 aliphatic rings. The Kier molecular flexibility index (Phi) is 4.19. The van der Waals surface area contributed by atoms with Gasteiger partial charge in [-0.1, -0.05) is 0 Å². The molecule has 1 unspecified atom stereocenters. The third-order valence-electron chi connectivity index (χ3n) is 2.44. The Morgan fingerprint density at radius 1 is 1.00 bits per heavy atom. The molecule has 2 rings (SSSR count). The van der Waals surface area contributed by atoms with Gasteiger partial charge in [-0.05, 0) is 25.8 Å². The molecular formula is C10H18NO3. The predicted octanol–water partition coefficient (Wildman–Crippen LogP) is 0.681. The molecule has 2 fully saturated rings. The van der Waals surface area contributed by atoms with E-state index in [0.29, 0.717) is 6.29 Å². The van der Waals surface area contributed by atoms with Crippen LogP contribution in [0, 0.1) is 6.29 Å². The Morgan fingerprint density at radius 3 is 2.57 bits per heavy atom. The van der Waals surface area contributed by atoms with Gasteiger partial charge in [0.25, 0.3) is 6.29 Å². The van der Waals surface area contributed by atoms with Gasteiger partial charge in [0, 0.05) is 13.2 Å². The van der Waals surface area contributed by atoms with Gasteiger partial charge in [-0.25, -0.2) is 0 Å². The van der Waals surface area contributed by atoms with Gasteiger partial charge in [-0.3, -0.25) is 0 Å². The van der Waals surface area contributed by atoms with E-state index in [9.17, 15) is 0 Å². The highest BCUT2D eigenvalue weighted by Gasteiger charge is 2.28. The predicted molar refractivity (Wildman–Crippen MR) is 51.6 cm³/mol. The van der Waals surface area contributed by atoms with E-state index in [1.165, 1.54) is 0 Å². The second-order valence-electron chi connectivity index (χ2n) is 3.64. The molecule has 0 aliphatic carbocycles. The highest BCUT2D eigenvalue weighted by atomic mass is 16.7. The minimum atomic E-state index is -0.0180. The summed E-state index contributed by atoms with van der Waals surface area (Å²) in [7, 11) is 0. The van der Waals surface area contributed by atoms with Crippen molar-refractivity contribution in [2.24, 2.45) is 0 Å². The van der Waals surface area contributed by atoms with Crippen molar-refractivity contribution in [1.29, 1.82) is 0 Å². The molecule has 1 N–H and O–H groups in total. The summed E-state index contributed by atoms with van der Waals surface area (Å²) in [6.07, 6.45) is 3.87. The van der Waals surface area contributed by atoms with Crippen molar-refractivity contribution in [1.82, 2.24) is 5.32 Å². The lowest BCUT2D eigenvalue weighted by Crippen LogP contribution is -2.34. The third-order valence-corrected chi connectivity index (χ3v) is 2.44. The summed E-state index contributed by atoms with van der Waals surface area (Å²) in [6, 6.07) is 0. The Balaban J connectivity index is 1.83. The Morgan fingerprint density at radius 2 is 1.79 bits per heavy atom. The van der Waals surface area contributed by atoms with Crippen molar-refractivity contribution in [3.63, 3.8) is 0 Å². The van der Waals surface area contributed by atoms with E-state index in [1.807, 2.05) is 0 Å². The molecule has 4 heteroatoms. The second-order valence-corrected chi connectivity index (χ2v) is 3.64. The minimum absolute atomic E-state index is 0.0180. The van der Waals surface area contributed by atoms with E-state index in [1.54, 1.807) is 0 Å². The van der Waals surface area contributed by atoms with Crippen molar-refractivity contribution in [3.05, 3.63) is 6.29 Å². The van der Waals surface area contributed by atoms with E-state index in [0.717, 1.165) is 52.2 Å². The monoisotopic (exact) mass is 200 g/mol. The van der Waals surface area contributed by atoms with Crippen LogP contribution in [-0.2, 0) is 14.2 Å². The number of nitrogens with one attached hydrogen (secondary N) is 1. The summed E-state index contributed by atoms with van der Waals surface area (Å²) in [5, 5.41) is 3.31. The molecule has 2 saturated heterocycles. The normalized spacial score (nSPS) is 32.1. The lowest BCUT2D eigenvalue weighted by Gasteiger charge is -2.22. The van der Waals surface area contributed by atoms with Crippen molar-refractivity contribution in [2.45, 2.75) is 25.4 Å². The van der Waals surface area contributed by atoms with Crippen LogP contribution in [0.5, 0.6) is 0 Å². The maximum Gasteiger partial charge on any atom is 0.255 e. The van der Waals surface area contributed by atoms with Crippen molar-refractivity contribution in [3.8, 4) is 0 Å². The number of rotatable bonds is 1. The van der Waals surface area contributed by atoms with Gasteiger partial charge in [-0.2, -0.15) is 0 Å². The number of hydrogen-bond donors (Lipinski definition) is 1. The topological polar surface area (TPSA) is 39.7 Å². The van der Waals surface area contributed by atoms with Crippen LogP contribution in [0.25, 0.3) is 0 Å². The fraction of sp³-hybridized carbons (Fsp3) is 0.900. The van der Waals surface area contributed by atoms with Gasteiger partial charge in [0.1, 0.15) is 6.10 Å². The average molecular weight is 200 g/mol. The van der Waals surface area contributed by atoms with Crippen LogP contribution in [0.2, 0.25) is 0 Å². The first-order chi connectivity index (χ1) is 6.97. The molecule has 0 amide bonds.